The lowest BCUT2D eigenvalue weighted by Gasteiger charge is -2.39. The number of nitrogens with zero attached hydrogens (tertiary/aromatic N) is 1. The average Bonchev–Trinajstić information content (AvgIpc) is 2.84. The Kier molecular flexibility index (Phi) is 7.68. The highest BCUT2D eigenvalue weighted by Crippen LogP contribution is 2.39. The van der Waals surface area contributed by atoms with Crippen LogP contribution in [0.15, 0.2) is 77.3 Å². The average molecular weight is 510 g/mol. The van der Waals surface area contributed by atoms with Crippen LogP contribution in [0.5, 0.6) is 11.5 Å². The Morgan fingerprint density at radius 2 is 1.82 bits per heavy atom. The van der Waals surface area contributed by atoms with Gasteiger partial charge in [0.15, 0.2) is 11.5 Å². The minimum absolute atomic E-state index is 0.207. The zero-order chi connectivity index (χ0) is 23.2. The zero-order valence-corrected chi connectivity index (χ0v) is 20.2. The van der Waals surface area contributed by atoms with E-state index < -0.39 is 12.0 Å². The molecule has 3 aromatic rings. The van der Waals surface area contributed by atoms with Crippen molar-refractivity contribution in [3.63, 3.8) is 0 Å². The van der Waals surface area contributed by atoms with Crippen LogP contribution < -0.4 is 9.47 Å². The van der Waals surface area contributed by atoms with Crippen LogP contribution in [0.2, 0.25) is 0 Å². The van der Waals surface area contributed by atoms with E-state index in [-0.39, 0.29) is 6.04 Å². The van der Waals surface area contributed by atoms with Gasteiger partial charge in [-0.05, 0) is 60.3 Å². The number of carboxylic acid groups (broad SMARTS) is 1. The Bertz CT molecular complexity index is 1090. The Labute approximate surface area is 203 Å². The van der Waals surface area contributed by atoms with Gasteiger partial charge in [-0.3, -0.25) is 9.69 Å². The molecule has 1 heterocycles. The third-order valence-corrected chi connectivity index (χ3v) is 6.56. The Hall–Kier alpha value is -2.83. The second-order valence-corrected chi connectivity index (χ2v) is 9.15. The fraction of sp³-hybridized carbons (Fsp3) is 0.296. The maximum Gasteiger partial charge on any atom is 0.320 e. The predicted molar refractivity (Wildman–Crippen MR) is 132 cm³/mol. The van der Waals surface area contributed by atoms with Gasteiger partial charge in [-0.2, -0.15) is 0 Å². The van der Waals surface area contributed by atoms with E-state index in [0.717, 1.165) is 40.5 Å². The van der Waals surface area contributed by atoms with E-state index in [1.54, 1.807) is 7.11 Å². The van der Waals surface area contributed by atoms with E-state index >= 15 is 0 Å². The molecule has 0 amide bonds. The van der Waals surface area contributed by atoms with Crippen molar-refractivity contribution < 1.29 is 19.4 Å². The molecule has 1 aliphatic rings. The van der Waals surface area contributed by atoms with Crippen LogP contribution in [0, 0.1) is 0 Å². The molecule has 1 saturated heterocycles. The Morgan fingerprint density at radius 1 is 1.03 bits per heavy atom. The Morgan fingerprint density at radius 3 is 2.55 bits per heavy atom. The summed E-state index contributed by atoms with van der Waals surface area (Å²) in [5, 5.41) is 9.93. The van der Waals surface area contributed by atoms with Gasteiger partial charge in [-0.1, -0.05) is 70.9 Å². The topological polar surface area (TPSA) is 59.0 Å². The second-order valence-electron chi connectivity index (χ2n) is 8.23. The van der Waals surface area contributed by atoms with Gasteiger partial charge in [0.1, 0.15) is 12.6 Å². The van der Waals surface area contributed by atoms with Gasteiger partial charge in [-0.25, -0.2) is 0 Å². The third-order valence-electron chi connectivity index (χ3n) is 6.07. The van der Waals surface area contributed by atoms with Crippen LogP contribution in [-0.4, -0.2) is 35.7 Å². The predicted octanol–water partition coefficient (Wildman–Crippen LogP) is 6.07. The number of rotatable bonds is 8. The summed E-state index contributed by atoms with van der Waals surface area (Å²) in [7, 11) is 1.63. The molecular weight excluding hydrogens is 482 g/mol. The first-order valence-corrected chi connectivity index (χ1v) is 11.9. The van der Waals surface area contributed by atoms with Crippen molar-refractivity contribution in [2.45, 2.75) is 38.0 Å². The quantitative estimate of drug-likeness (QED) is 0.399. The first-order valence-electron chi connectivity index (χ1n) is 11.2. The minimum Gasteiger partial charge on any atom is -0.493 e. The Balaban J connectivity index is 1.69. The molecule has 0 aliphatic carbocycles. The molecule has 0 aromatic heterocycles. The number of carboxylic acids is 1. The number of benzene rings is 3. The highest BCUT2D eigenvalue weighted by atomic mass is 79.9. The van der Waals surface area contributed by atoms with Crippen LogP contribution in [0.25, 0.3) is 0 Å². The summed E-state index contributed by atoms with van der Waals surface area (Å²) >= 11 is 3.57. The summed E-state index contributed by atoms with van der Waals surface area (Å²) in [4.78, 5) is 14.2. The number of hydrogen-bond donors (Lipinski definition) is 1. The number of carbonyl (C=O) groups is 1. The lowest BCUT2D eigenvalue weighted by Crippen LogP contribution is -2.46. The summed E-state index contributed by atoms with van der Waals surface area (Å²) in [6.45, 7) is 1.17. The van der Waals surface area contributed by atoms with Crippen molar-refractivity contribution in [2.75, 3.05) is 13.7 Å². The standard InChI is InChI=1S/C27H28BrNO4/c1-32-25-17-21(13-14-24(25)33-18-19-8-3-2-4-9-19)26(20-10-7-11-22(28)16-20)29-15-6-5-12-23(29)27(30)31/h2-4,7-11,13-14,16-17,23,26H,5-6,12,15,18H2,1H3,(H,30,31). The molecule has 3 aromatic carbocycles. The first-order chi connectivity index (χ1) is 16.1. The van der Waals surface area contributed by atoms with Crippen LogP contribution >= 0.6 is 15.9 Å². The van der Waals surface area contributed by atoms with E-state index in [4.69, 9.17) is 9.47 Å². The van der Waals surface area contributed by atoms with E-state index in [9.17, 15) is 9.90 Å². The molecule has 1 fully saturated rings. The molecule has 0 saturated carbocycles. The number of methoxy groups -OCH3 is 1. The fourth-order valence-electron chi connectivity index (χ4n) is 4.49. The number of piperidine rings is 1. The third kappa shape index (κ3) is 5.57. The number of likely N-dealkylation sites (tertiary alicyclic amines) is 1. The molecule has 2 atom stereocenters. The van der Waals surface area contributed by atoms with Crippen molar-refractivity contribution in [1.29, 1.82) is 0 Å². The van der Waals surface area contributed by atoms with Crippen LogP contribution in [0.3, 0.4) is 0 Å². The maximum atomic E-state index is 12.1. The van der Waals surface area contributed by atoms with Gasteiger partial charge in [0.05, 0.1) is 13.2 Å². The molecule has 0 bridgehead atoms. The van der Waals surface area contributed by atoms with Gasteiger partial charge < -0.3 is 14.6 Å². The smallest absolute Gasteiger partial charge is 0.320 e. The van der Waals surface area contributed by atoms with Gasteiger partial charge in [-0.15, -0.1) is 0 Å². The monoisotopic (exact) mass is 509 g/mol. The summed E-state index contributed by atoms with van der Waals surface area (Å²) in [6.07, 6.45) is 2.55. The molecule has 1 N–H and O–H groups in total. The van der Waals surface area contributed by atoms with Crippen molar-refractivity contribution in [3.05, 3.63) is 94.0 Å². The first kappa shape index (κ1) is 23.3. The SMILES string of the molecule is COc1cc(C(c2cccc(Br)c2)N2CCCCC2C(=O)O)ccc1OCc1ccccc1. The summed E-state index contributed by atoms with van der Waals surface area (Å²) in [5.74, 6) is 0.517. The minimum atomic E-state index is -0.774. The number of ether oxygens (including phenoxy) is 2. The highest BCUT2D eigenvalue weighted by molar-refractivity contribution is 9.10. The summed E-state index contributed by atoms with van der Waals surface area (Å²) in [6, 6.07) is 23.2. The lowest BCUT2D eigenvalue weighted by atomic mass is 9.91. The maximum absolute atomic E-state index is 12.1. The molecule has 1 aliphatic heterocycles. The van der Waals surface area contributed by atoms with Gasteiger partial charge in [0.25, 0.3) is 0 Å². The normalized spacial score (nSPS) is 17.3. The molecule has 0 radical (unpaired) electrons. The number of halogens is 1. The summed E-state index contributed by atoms with van der Waals surface area (Å²) in [5.41, 5.74) is 3.09. The lowest BCUT2D eigenvalue weighted by molar-refractivity contribution is -0.145. The highest BCUT2D eigenvalue weighted by Gasteiger charge is 2.35. The molecule has 0 spiro atoms. The second kappa shape index (κ2) is 10.9. The fourth-order valence-corrected chi connectivity index (χ4v) is 4.91. The van der Waals surface area contributed by atoms with Gasteiger partial charge in [0, 0.05) is 4.47 Å². The molecular formula is C27H28BrNO4. The number of hydrogen-bond acceptors (Lipinski definition) is 4. The zero-order valence-electron chi connectivity index (χ0n) is 18.6. The summed E-state index contributed by atoms with van der Waals surface area (Å²) < 4.78 is 12.7. The van der Waals surface area contributed by atoms with E-state index in [0.29, 0.717) is 24.5 Å². The van der Waals surface area contributed by atoms with Crippen molar-refractivity contribution in [2.24, 2.45) is 0 Å². The van der Waals surface area contributed by atoms with Gasteiger partial charge in [0.2, 0.25) is 0 Å². The van der Waals surface area contributed by atoms with E-state index in [1.807, 2.05) is 60.7 Å². The van der Waals surface area contributed by atoms with Crippen LogP contribution in [0.1, 0.15) is 42.0 Å². The van der Waals surface area contributed by atoms with Crippen molar-refractivity contribution in [1.82, 2.24) is 4.90 Å². The van der Waals surface area contributed by atoms with Crippen LogP contribution in [0.4, 0.5) is 0 Å². The molecule has 5 nitrogen and oxygen atoms in total. The van der Waals surface area contributed by atoms with Crippen molar-refractivity contribution >= 4 is 21.9 Å². The van der Waals surface area contributed by atoms with Crippen molar-refractivity contribution in [3.8, 4) is 11.5 Å². The molecule has 6 heteroatoms. The molecule has 33 heavy (non-hydrogen) atoms. The molecule has 2 unspecified atom stereocenters. The van der Waals surface area contributed by atoms with E-state index in [2.05, 4.69) is 33.0 Å². The molecule has 172 valence electrons. The van der Waals surface area contributed by atoms with Gasteiger partial charge >= 0.3 is 5.97 Å². The van der Waals surface area contributed by atoms with E-state index in [1.165, 1.54) is 0 Å². The molecule has 4 rings (SSSR count). The van der Waals surface area contributed by atoms with Crippen LogP contribution in [-0.2, 0) is 11.4 Å². The largest absolute Gasteiger partial charge is 0.493 e. The number of aliphatic carboxylic acids is 1.